The van der Waals surface area contributed by atoms with Gasteiger partial charge in [0, 0.05) is 10.9 Å². The van der Waals surface area contributed by atoms with Crippen LogP contribution in [0.5, 0.6) is 0 Å². The lowest BCUT2D eigenvalue weighted by Gasteiger charge is -2.27. The molecule has 0 aromatic carbocycles. The van der Waals surface area contributed by atoms with Crippen LogP contribution in [0.3, 0.4) is 0 Å². The van der Waals surface area contributed by atoms with Crippen molar-refractivity contribution < 1.29 is 9.90 Å². The maximum absolute atomic E-state index is 10.5. The zero-order chi connectivity index (χ0) is 12.2. The normalized spacial score (nSPS) is 11.4. The van der Waals surface area contributed by atoms with Crippen molar-refractivity contribution in [3.8, 4) is 0 Å². The molecule has 0 saturated carbocycles. The molecule has 0 atom stereocenters. The van der Waals surface area contributed by atoms with Crippen LogP contribution in [0.25, 0.3) is 0 Å². The summed E-state index contributed by atoms with van der Waals surface area (Å²) in [5.74, 6) is -0.842. The molecule has 5 heteroatoms. The fraction of sp³-hybridized carbons (Fsp3) is 0.636. The van der Waals surface area contributed by atoms with Gasteiger partial charge in [0.25, 0.3) is 0 Å². The molecule has 0 aliphatic carbocycles. The lowest BCUT2D eigenvalue weighted by Crippen LogP contribution is -2.32. The molecule has 90 valence electrons. The molecular formula is C11H18N2O2S. The molecule has 1 aromatic rings. The summed E-state index contributed by atoms with van der Waals surface area (Å²) in [6.45, 7) is 6.40. The SMILES string of the molecule is CCC(C)(CC)Nc1nc(CC(=O)O)cs1. The minimum absolute atomic E-state index is 0.00680. The number of nitrogens with one attached hydrogen (secondary N) is 1. The number of carboxylic acid groups (broad SMARTS) is 1. The van der Waals surface area contributed by atoms with E-state index in [4.69, 9.17) is 5.11 Å². The number of anilines is 1. The monoisotopic (exact) mass is 242 g/mol. The summed E-state index contributed by atoms with van der Waals surface area (Å²) in [6.07, 6.45) is 2.02. The topological polar surface area (TPSA) is 62.2 Å². The van der Waals surface area contributed by atoms with E-state index in [0.29, 0.717) is 5.69 Å². The highest BCUT2D eigenvalue weighted by molar-refractivity contribution is 7.13. The Hall–Kier alpha value is -1.10. The van der Waals surface area contributed by atoms with Gasteiger partial charge >= 0.3 is 5.97 Å². The van der Waals surface area contributed by atoms with Crippen LogP contribution < -0.4 is 5.32 Å². The molecular weight excluding hydrogens is 224 g/mol. The summed E-state index contributed by atoms with van der Waals surface area (Å²) in [7, 11) is 0. The Balaban J connectivity index is 2.68. The molecule has 0 fully saturated rings. The first-order valence-corrected chi connectivity index (χ1v) is 6.31. The van der Waals surface area contributed by atoms with Crippen LogP contribution in [0, 0.1) is 0 Å². The van der Waals surface area contributed by atoms with E-state index in [1.807, 2.05) is 0 Å². The molecule has 0 amide bonds. The Bertz CT molecular complexity index is 359. The predicted octanol–water partition coefficient (Wildman–Crippen LogP) is 2.76. The van der Waals surface area contributed by atoms with Gasteiger partial charge in [0.15, 0.2) is 5.13 Å². The van der Waals surface area contributed by atoms with E-state index in [2.05, 4.69) is 31.1 Å². The number of carbonyl (C=O) groups is 1. The van der Waals surface area contributed by atoms with Gasteiger partial charge in [-0.05, 0) is 19.8 Å². The largest absolute Gasteiger partial charge is 0.481 e. The van der Waals surface area contributed by atoms with Crippen LogP contribution >= 0.6 is 11.3 Å². The maximum atomic E-state index is 10.5. The highest BCUT2D eigenvalue weighted by Crippen LogP contribution is 2.24. The van der Waals surface area contributed by atoms with Crippen LogP contribution in [0.2, 0.25) is 0 Å². The zero-order valence-corrected chi connectivity index (χ0v) is 10.7. The third-order valence-electron chi connectivity index (χ3n) is 2.85. The second kappa shape index (κ2) is 5.30. The Labute approximate surface area is 99.7 Å². The van der Waals surface area contributed by atoms with Crippen molar-refractivity contribution in [3.63, 3.8) is 0 Å². The lowest BCUT2D eigenvalue weighted by molar-refractivity contribution is -0.136. The van der Waals surface area contributed by atoms with Gasteiger partial charge in [-0.2, -0.15) is 0 Å². The Kier molecular flexibility index (Phi) is 4.29. The van der Waals surface area contributed by atoms with Crippen LogP contribution in [-0.2, 0) is 11.2 Å². The summed E-state index contributed by atoms with van der Waals surface area (Å²) in [6, 6.07) is 0. The zero-order valence-electron chi connectivity index (χ0n) is 9.91. The van der Waals surface area contributed by atoms with E-state index in [1.165, 1.54) is 11.3 Å². The van der Waals surface area contributed by atoms with E-state index < -0.39 is 5.97 Å². The lowest BCUT2D eigenvalue weighted by atomic mass is 9.96. The van der Waals surface area contributed by atoms with Crippen molar-refractivity contribution in [1.82, 2.24) is 4.98 Å². The first-order chi connectivity index (χ1) is 7.49. The molecule has 0 radical (unpaired) electrons. The van der Waals surface area contributed by atoms with Crippen LogP contribution in [0.4, 0.5) is 5.13 Å². The number of thiazole rings is 1. The summed E-state index contributed by atoms with van der Waals surface area (Å²) in [4.78, 5) is 14.8. The average Bonchev–Trinajstić information content (AvgIpc) is 2.64. The molecule has 0 bridgehead atoms. The van der Waals surface area contributed by atoms with Gasteiger partial charge in [-0.1, -0.05) is 13.8 Å². The van der Waals surface area contributed by atoms with Gasteiger partial charge in [0.05, 0.1) is 12.1 Å². The van der Waals surface area contributed by atoms with Crippen molar-refractivity contribution in [2.75, 3.05) is 5.32 Å². The van der Waals surface area contributed by atoms with Gasteiger partial charge in [0.2, 0.25) is 0 Å². The van der Waals surface area contributed by atoms with Crippen molar-refractivity contribution in [1.29, 1.82) is 0 Å². The van der Waals surface area contributed by atoms with Crippen molar-refractivity contribution in [2.45, 2.75) is 45.6 Å². The smallest absolute Gasteiger partial charge is 0.309 e. The maximum Gasteiger partial charge on any atom is 0.309 e. The van der Waals surface area contributed by atoms with Gasteiger partial charge < -0.3 is 10.4 Å². The van der Waals surface area contributed by atoms with E-state index >= 15 is 0 Å². The van der Waals surface area contributed by atoms with Gasteiger partial charge in [-0.25, -0.2) is 4.98 Å². The van der Waals surface area contributed by atoms with Gasteiger partial charge in [-0.15, -0.1) is 11.3 Å². The molecule has 0 saturated heterocycles. The second-order valence-electron chi connectivity index (χ2n) is 4.11. The second-order valence-corrected chi connectivity index (χ2v) is 4.97. The molecule has 0 unspecified atom stereocenters. The Morgan fingerprint density at radius 1 is 1.56 bits per heavy atom. The number of aromatic nitrogens is 1. The van der Waals surface area contributed by atoms with E-state index in [1.54, 1.807) is 5.38 Å². The first kappa shape index (κ1) is 13.0. The number of aliphatic carboxylic acids is 1. The first-order valence-electron chi connectivity index (χ1n) is 5.43. The van der Waals surface area contributed by atoms with E-state index in [-0.39, 0.29) is 12.0 Å². The molecule has 0 aliphatic rings. The van der Waals surface area contributed by atoms with Crippen LogP contribution in [0.1, 0.15) is 39.3 Å². The predicted molar refractivity (Wildman–Crippen MR) is 66.1 cm³/mol. The van der Waals surface area contributed by atoms with Crippen molar-refractivity contribution in [3.05, 3.63) is 11.1 Å². The van der Waals surface area contributed by atoms with Crippen molar-refractivity contribution >= 4 is 22.4 Å². The quantitative estimate of drug-likeness (QED) is 0.805. The van der Waals surface area contributed by atoms with Gasteiger partial charge in [-0.3, -0.25) is 4.79 Å². The van der Waals surface area contributed by atoms with E-state index in [0.717, 1.165) is 18.0 Å². The fourth-order valence-electron chi connectivity index (χ4n) is 1.29. The molecule has 1 aromatic heterocycles. The summed E-state index contributed by atoms with van der Waals surface area (Å²) in [5.41, 5.74) is 0.660. The van der Waals surface area contributed by atoms with Crippen molar-refractivity contribution in [2.24, 2.45) is 0 Å². The van der Waals surface area contributed by atoms with E-state index in [9.17, 15) is 4.79 Å². The Morgan fingerprint density at radius 2 is 2.19 bits per heavy atom. The minimum atomic E-state index is -0.842. The molecule has 4 nitrogen and oxygen atoms in total. The molecule has 1 heterocycles. The van der Waals surface area contributed by atoms with Gasteiger partial charge in [0.1, 0.15) is 0 Å². The number of nitrogens with zero attached hydrogens (tertiary/aromatic N) is 1. The summed E-state index contributed by atoms with van der Waals surface area (Å²) < 4.78 is 0. The highest BCUT2D eigenvalue weighted by Gasteiger charge is 2.20. The number of hydrogen-bond donors (Lipinski definition) is 2. The molecule has 0 aliphatic heterocycles. The minimum Gasteiger partial charge on any atom is -0.481 e. The summed E-state index contributed by atoms with van der Waals surface area (Å²) >= 11 is 1.46. The third-order valence-corrected chi connectivity index (χ3v) is 3.66. The molecule has 2 N–H and O–H groups in total. The average molecular weight is 242 g/mol. The molecule has 1 rings (SSSR count). The van der Waals surface area contributed by atoms with Crippen LogP contribution in [-0.4, -0.2) is 21.6 Å². The molecule has 16 heavy (non-hydrogen) atoms. The number of hydrogen-bond acceptors (Lipinski definition) is 4. The fourth-order valence-corrected chi connectivity index (χ4v) is 2.14. The standard InChI is InChI=1S/C11H18N2O2S/c1-4-11(3,5-2)13-10-12-8(7-16-10)6-9(14)15/h7H,4-6H2,1-3H3,(H,12,13)(H,14,15). The summed E-state index contributed by atoms with van der Waals surface area (Å²) in [5, 5.41) is 14.6. The number of rotatable bonds is 6. The third kappa shape index (κ3) is 3.48. The van der Waals surface area contributed by atoms with Crippen LogP contribution in [0.15, 0.2) is 5.38 Å². The molecule has 0 spiro atoms. The highest BCUT2D eigenvalue weighted by atomic mass is 32.1. The number of carboxylic acids is 1. The Morgan fingerprint density at radius 3 is 2.69 bits per heavy atom.